The Morgan fingerprint density at radius 1 is 1.83 bits per heavy atom. The Kier molecular flexibility index (Phi) is 2.85. The number of hydrogen-bond donors (Lipinski definition) is 2. The summed E-state index contributed by atoms with van der Waals surface area (Å²) >= 11 is 0. The van der Waals surface area contributed by atoms with Gasteiger partial charge < -0.3 is 10.3 Å². The van der Waals surface area contributed by atoms with Crippen LogP contribution in [0.15, 0.2) is 12.4 Å². The summed E-state index contributed by atoms with van der Waals surface area (Å²) in [5.41, 5.74) is 0. The summed E-state index contributed by atoms with van der Waals surface area (Å²) in [6.07, 6.45) is 4.11. The molecule has 66 valence electrons. The van der Waals surface area contributed by atoms with Crippen molar-refractivity contribution in [2.75, 3.05) is 0 Å². The first-order chi connectivity index (χ1) is 5.74. The first-order valence-electron chi connectivity index (χ1n) is 4.04. The second-order valence-corrected chi connectivity index (χ2v) is 2.72. The van der Waals surface area contributed by atoms with E-state index in [2.05, 4.69) is 15.3 Å². The summed E-state index contributed by atoms with van der Waals surface area (Å²) in [5, 5.41) is 2.80. The number of aromatic nitrogens is 2. The van der Waals surface area contributed by atoms with Crippen LogP contribution in [0, 0.1) is 0 Å². The molecule has 0 aliphatic rings. The van der Waals surface area contributed by atoms with Crippen LogP contribution in [0.5, 0.6) is 0 Å². The third-order valence-corrected chi connectivity index (χ3v) is 1.70. The average Bonchev–Trinajstić information content (AvgIpc) is 2.56. The van der Waals surface area contributed by atoms with Gasteiger partial charge in [-0.2, -0.15) is 0 Å². The van der Waals surface area contributed by atoms with Crippen molar-refractivity contribution in [1.29, 1.82) is 0 Å². The van der Waals surface area contributed by atoms with E-state index in [0.717, 1.165) is 6.42 Å². The van der Waals surface area contributed by atoms with Crippen LogP contribution in [0.4, 0.5) is 0 Å². The molecule has 0 saturated heterocycles. The Morgan fingerprint density at radius 2 is 2.58 bits per heavy atom. The van der Waals surface area contributed by atoms with E-state index in [0.29, 0.717) is 5.82 Å². The zero-order chi connectivity index (χ0) is 8.97. The number of nitrogens with one attached hydrogen (secondary N) is 2. The van der Waals surface area contributed by atoms with E-state index in [9.17, 15) is 4.79 Å². The Bertz CT molecular complexity index is 243. The van der Waals surface area contributed by atoms with Gasteiger partial charge in [0.1, 0.15) is 0 Å². The molecule has 4 heteroatoms. The van der Waals surface area contributed by atoms with Crippen molar-refractivity contribution in [2.24, 2.45) is 0 Å². The molecular formula is C8H13N3O. The molecule has 1 aromatic heterocycles. The Hall–Kier alpha value is -1.32. The lowest BCUT2D eigenvalue weighted by Crippen LogP contribution is -2.32. The van der Waals surface area contributed by atoms with E-state index in [4.69, 9.17) is 0 Å². The molecule has 12 heavy (non-hydrogen) atoms. The van der Waals surface area contributed by atoms with E-state index < -0.39 is 0 Å². The van der Waals surface area contributed by atoms with Crippen LogP contribution in [0.2, 0.25) is 0 Å². The Labute approximate surface area is 71.4 Å². The van der Waals surface area contributed by atoms with Crippen molar-refractivity contribution in [3.63, 3.8) is 0 Å². The number of hydrogen-bond acceptors (Lipinski definition) is 2. The van der Waals surface area contributed by atoms with Gasteiger partial charge in [-0.1, -0.05) is 6.92 Å². The normalized spacial score (nSPS) is 12.5. The van der Waals surface area contributed by atoms with Crippen LogP contribution in [0.1, 0.15) is 30.9 Å². The molecule has 0 aliphatic carbocycles. The smallest absolute Gasteiger partial charge is 0.287 e. The van der Waals surface area contributed by atoms with Gasteiger partial charge in [0.25, 0.3) is 5.91 Å². The standard InChI is InChI=1S/C8H13N3O/c1-3-6(2)11-8(12)7-9-4-5-10-7/h4-6H,3H2,1-2H3,(H,9,10)(H,11,12). The maximum Gasteiger partial charge on any atom is 0.287 e. The molecule has 1 amide bonds. The molecule has 1 heterocycles. The minimum absolute atomic E-state index is 0.144. The molecule has 1 aromatic rings. The molecule has 0 bridgehead atoms. The van der Waals surface area contributed by atoms with E-state index >= 15 is 0 Å². The second kappa shape index (κ2) is 3.90. The number of aromatic amines is 1. The number of rotatable bonds is 3. The third-order valence-electron chi connectivity index (χ3n) is 1.70. The zero-order valence-corrected chi connectivity index (χ0v) is 7.29. The van der Waals surface area contributed by atoms with Crippen LogP contribution < -0.4 is 5.32 Å². The van der Waals surface area contributed by atoms with E-state index in [1.165, 1.54) is 0 Å². The minimum atomic E-state index is -0.144. The minimum Gasteiger partial charge on any atom is -0.347 e. The van der Waals surface area contributed by atoms with Gasteiger partial charge >= 0.3 is 0 Å². The Balaban J connectivity index is 2.50. The summed E-state index contributed by atoms with van der Waals surface area (Å²) in [6, 6.07) is 0.197. The molecule has 4 nitrogen and oxygen atoms in total. The number of nitrogens with zero attached hydrogens (tertiary/aromatic N) is 1. The molecule has 1 rings (SSSR count). The molecule has 0 aromatic carbocycles. The molecule has 0 saturated carbocycles. The quantitative estimate of drug-likeness (QED) is 0.703. The predicted octanol–water partition coefficient (Wildman–Crippen LogP) is 0.938. The highest BCUT2D eigenvalue weighted by Crippen LogP contribution is 1.92. The monoisotopic (exact) mass is 167 g/mol. The lowest BCUT2D eigenvalue weighted by Gasteiger charge is -2.08. The van der Waals surface area contributed by atoms with Crippen LogP contribution in [0.25, 0.3) is 0 Å². The molecule has 0 aliphatic heterocycles. The van der Waals surface area contributed by atoms with Gasteiger partial charge in [0.2, 0.25) is 0 Å². The first-order valence-corrected chi connectivity index (χ1v) is 4.04. The third kappa shape index (κ3) is 2.08. The summed E-state index contributed by atoms with van der Waals surface area (Å²) in [4.78, 5) is 17.8. The Morgan fingerprint density at radius 3 is 3.08 bits per heavy atom. The molecule has 2 N–H and O–H groups in total. The number of amides is 1. The fourth-order valence-corrected chi connectivity index (χ4v) is 0.784. The van der Waals surface area contributed by atoms with Crippen LogP contribution in [-0.2, 0) is 0 Å². The van der Waals surface area contributed by atoms with Gasteiger partial charge in [-0.05, 0) is 13.3 Å². The fraction of sp³-hybridized carbons (Fsp3) is 0.500. The van der Waals surface area contributed by atoms with E-state index in [-0.39, 0.29) is 11.9 Å². The second-order valence-electron chi connectivity index (χ2n) is 2.72. The highest BCUT2D eigenvalue weighted by molar-refractivity contribution is 5.90. The van der Waals surface area contributed by atoms with Gasteiger partial charge in [-0.15, -0.1) is 0 Å². The van der Waals surface area contributed by atoms with Crippen LogP contribution in [0.3, 0.4) is 0 Å². The summed E-state index contributed by atoms with van der Waals surface area (Å²) < 4.78 is 0. The van der Waals surface area contributed by atoms with Gasteiger partial charge in [-0.25, -0.2) is 4.98 Å². The maximum atomic E-state index is 11.3. The van der Waals surface area contributed by atoms with Crippen molar-refractivity contribution in [1.82, 2.24) is 15.3 Å². The topological polar surface area (TPSA) is 57.8 Å². The van der Waals surface area contributed by atoms with Gasteiger partial charge in [0.05, 0.1) is 0 Å². The van der Waals surface area contributed by atoms with E-state index in [1.807, 2.05) is 13.8 Å². The zero-order valence-electron chi connectivity index (χ0n) is 7.29. The number of carbonyl (C=O) groups excluding carboxylic acids is 1. The molecular weight excluding hydrogens is 154 g/mol. The van der Waals surface area contributed by atoms with Crippen LogP contribution in [-0.4, -0.2) is 21.9 Å². The summed E-state index contributed by atoms with van der Waals surface area (Å²) in [6.45, 7) is 3.98. The average molecular weight is 167 g/mol. The summed E-state index contributed by atoms with van der Waals surface area (Å²) in [5.74, 6) is 0.227. The number of imidazole rings is 1. The molecule has 1 unspecified atom stereocenters. The molecule has 1 atom stereocenters. The molecule has 0 spiro atoms. The summed E-state index contributed by atoms with van der Waals surface area (Å²) in [7, 11) is 0. The highest BCUT2D eigenvalue weighted by Gasteiger charge is 2.09. The van der Waals surface area contributed by atoms with Gasteiger partial charge in [0.15, 0.2) is 5.82 Å². The van der Waals surface area contributed by atoms with Crippen molar-refractivity contribution in [3.05, 3.63) is 18.2 Å². The largest absolute Gasteiger partial charge is 0.347 e. The van der Waals surface area contributed by atoms with Crippen molar-refractivity contribution < 1.29 is 4.79 Å². The maximum absolute atomic E-state index is 11.3. The molecule has 0 radical (unpaired) electrons. The van der Waals surface area contributed by atoms with E-state index in [1.54, 1.807) is 12.4 Å². The highest BCUT2D eigenvalue weighted by atomic mass is 16.2. The number of H-pyrrole nitrogens is 1. The van der Waals surface area contributed by atoms with Crippen molar-refractivity contribution >= 4 is 5.91 Å². The fourth-order valence-electron chi connectivity index (χ4n) is 0.784. The predicted molar refractivity (Wildman–Crippen MR) is 45.8 cm³/mol. The first kappa shape index (κ1) is 8.77. The lowest BCUT2D eigenvalue weighted by atomic mass is 10.2. The van der Waals surface area contributed by atoms with Crippen LogP contribution >= 0.6 is 0 Å². The number of carbonyl (C=O) groups is 1. The van der Waals surface area contributed by atoms with Crippen molar-refractivity contribution in [2.45, 2.75) is 26.3 Å². The van der Waals surface area contributed by atoms with Gasteiger partial charge in [0, 0.05) is 18.4 Å². The lowest BCUT2D eigenvalue weighted by molar-refractivity contribution is 0.0930. The van der Waals surface area contributed by atoms with Gasteiger partial charge in [-0.3, -0.25) is 4.79 Å². The van der Waals surface area contributed by atoms with Crippen molar-refractivity contribution in [3.8, 4) is 0 Å². The SMILES string of the molecule is CCC(C)NC(=O)c1ncc[nH]1. The molecule has 0 fully saturated rings.